The molecule has 3 atom stereocenters. The highest BCUT2D eigenvalue weighted by Gasteiger charge is 2.29. The molecule has 0 aliphatic rings. The number of rotatable bonds is 7. The predicted octanol–water partition coefficient (Wildman–Crippen LogP) is 2.88. The van der Waals surface area contributed by atoms with Gasteiger partial charge in [0.25, 0.3) is 0 Å². The Bertz CT molecular complexity index is 263. The van der Waals surface area contributed by atoms with Crippen LogP contribution < -0.4 is 0 Å². The van der Waals surface area contributed by atoms with Gasteiger partial charge in [-0.3, -0.25) is 4.79 Å². The monoisotopic (exact) mass is 241 g/mol. The summed E-state index contributed by atoms with van der Waals surface area (Å²) in [5.41, 5.74) is 0. The smallest absolute Gasteiger partial charge is 0.222 e. The lowest BCUT2D eigenvalue weighted by Gasteiger charge is -2.36. The summed E-state index contributed by atoms with van der Waals surface area (Å²) >= 11 is 0. The van der Waals surface area contributed by atoms with Gasteiger partial charge in [-0.1, -0.05) is 34.1 Å². The first kappa shape index (κ1) is 16.1. The van der Waals surface area contributed by atoms with Crippen molar-refractivity contribution in [2.45, 2.75) is 59.9 Å². The normalized spacial score (nSPS) is 16.1. The Labute approximate surface area is 106 Å². The summed E-state index contributed by atoms with van der Waals surface area (Å²) in [4.78, 5) is 24.9. The molecule has 3 heteroatoms. The van der Waals surface area contributed by atoms with Crippen molar-refractivity contribution in [3.05, 3.63) is 0 Å². The highest BCUT2D eigenvalue weighted by Crippen LogP contribution is 2.24. The van der Waals surface area contributed by atoms with Gasteiger partial charge in [-0.25, -0.2) is 0 Å². The Kier molecular flexibility index (Phi) is 7.09. The summed E-state index contributed by atoms with van der Waals surface area (Å²) in [5, 5.41) is 0. The number of amides is 1. The van der Waals surface area contributed by atoms with Crippen molar-refractivity contribution in [2.24, 2.45) is 11.8 Å². The van der Waals surface area contributed by atoms with Crippen LogP contribution in [0.1, 0.15) is 53.9 Å². The fourth-order valence-corrected chi connectivity index (χ4v) is 2.56. The quantitative estimate of drug-likeness (QED) is 0.687. The highest BCUT2D eigenvalue weighted by atomic mass is 16.2. The minimum absolute atomic E-state index is 0.158. The molecule has 0 saturated carbocycles. The van der Waals surface area contributed by atoms with Crippen LogP contribution in [0.25, 0.3) is 0 Å². The van der Waals surface area contributed by atoms with Gasteiger partial charge in [0.05, 0.1) is 0 Å². The number of Topliss-reactive ketones (excluding diaryl/α,β-unsaturated/α-hetero) is 1. The van der Waals surface area contributed by atoms with E-state index in [0.717, 1.165) is 6.42 Å². The second-order valence-corrected chi connectivity index (χ2v) is 5.12. The van der Waals surface area contributed by atoms with Gasteiger partial charge in [0.1, 0.15) is 5.78 Å². The number of carbonyl (C=O) groups is 2. The maximum absolute atomic E-state index is 11.8. The molecule has 1 amide bonds. The molecule has 0 aliphatic heterocycles. The zero-order valence-electron chi connectivity index (χ0n) is 12.1. The first-order chi connectivity index (χ1) is 7.84. The fraction of sp³-hybridized carbons (Fsp3) is 0.857. The minimum atomic E-state index is 0.158. The van der Waals surface area contributed by atoms with Crippen LogP contribution in [-0.4, -0.2) is 29.7 Å². The van der Waals surface area contributed by atoms with Crippen LogP contribution in [0.5, 0.6) is 0 Å². The molecule has 0 radical (unpaired) electrons. The number of hydrogen-bond donors (Lipinski definition) is 0. The number of hydrogen-bond acceptors (Lipinski definition) is 2. The molecule has 0 unspecified atom stereocenters. The lowest BCUT2D eigenvalue weighted by molar-refractivity contribution is -0.134. The van der Waals surface area contributed by atoms with Gasteiger partial charge in [-0.05, 0) is 18.8 Å². The van der Waals surface area contributed by atoms with E-state index in [2.05, 4.69) is 20.8 Å². The van der Waals surface area contributed by atoms with E-state index in [4.69, 9.17) is 0 Å². The van der Waals surface area contributed by atoms with E-state index in [1.807, 2.05) is 18.9 Å². The summed E-state index contributed by atoms with van der Waals surface area (Å²) in [5.74, 6) is 1.00. The second-order valence-electron chi connectivity index (χ2n) is 5.12. The number of carbonyl (C=O) groups excluding carboxylic acids is 2. The van der Waals surface area contributed by atoms with Crippen molar-refractivity contribution >= 4 is 11.7 Å². The van der Waals surface area contributed by atoms with Crippen LogP contribution in [0.15, 0.2) is 0 Å². The topological polar surface area (TPSA) is 37.4 Å². The lowest BCUT2D eigenvalue weighted by Crippen LogP contribution is -2.45. The standard InChI is InChI=1S/C14H27NO2/c1-7-10(3)14(11(4)9-12(5)16)15(6)13(17)8-2/h10-11,14H,7-9H2,1-6H3/t10-,11+,14-/m0/s1. The molecule has 0 N–H and O–H groups in total. The molecular weight excluding hydrogens is 214 g/mol. The van der Waals surface area contributed by atoms with E-state index < -0.39 is 0 Å². The molecule has 0 fully saturated rings. The van der Waals surface area contributed by atoms with Crippen LogP contribution in [0, 0.1) is 11.8 Å². The third kappa shape index (κ3) is 4.88. The molecule has 100 valence electrons. The molecule has 0 aromatic rings. The Morgan fingerprint density at radius 1 is 1.12 bits per heavy atom. The maximum atomic E-state index is 11.8. The molecule has 3 nitrogen and oxygen atoms in total. The average molecular weight is 241 g/mol. The largest absolute Gasteiger partial charge is 0.342 e. The Hall–Kier alpha value is -0.860. The number of nitrogens with zero attached hydrogens (tertiary/aromatic N) is 1. The van der Waals surface area contributed by atoms with Gasteiger partial charge in [-0.15, -0.1) is 0 Å². The summed E-state index contributed by atoms with van der Waals surface area (Å²) in [6.45, 7) is 9.84. The van der Waals surface area contributed by atoms with Crippen LogP contribution in [-0.2, 0) is 9.59 Å². The van der Waals surface area contributed by atoms with E-state index in [1.54, 1.807) is 6.92 Å². The van der Waals surface area contributed by atoms with E-state index in [-0.39, 0.29) is 23.7 Å². The maximum Gasteiger partial charge on any atom is 0.222 e. The first-order valence-corrected chi connectivity index (χ1v) is 6.60. The van der Waals surface area contributed by atoms with Crippen molar-refractivity contribution < 1.29 is 9.59 Å². The van der Waals surface area contributed by atoms with Crippen molar-refractivity contribution in [3.8, 4) is 0 Å². The van der Waals surface area contributed by atoms with E-state index in [1.165, 1.54) is 0 Å². The minimum Gasteiger partial charge on any atom is -0.342 e. The molecule has 0 aromatic carbocycles. The number of ketones is 1. The van der Waals surface area contributed by atoms with Gasteiger partial charge >= 0.3 is 0 Å². The van der Waals surface area contributed by atoms with Crippen molar-refractivity contribution in [1.82, 2.24) is 4.90 Å². The Balaban J connectivity index is 4.86. The summed E-state index contributed by atoms with van der Waals surface area (Å²) < 4.78 is 0. The van der Waals surface area contributed by atoms with Crippen LogP contribution in [0.4, 0.5) is 0 Å². The van der Waals surface area contributed by atoms with Crippen LogP contribution >= 0.6 is 0 Å². The molecule has 17 heavy (non-hydrogen) atoms. The Morgan fingerprint density at radius 3 is 2.00 bits per heavy atom. The van der Waals surface area contributed by atoms with Crippen LogP contribution in [0.3, 0.4) is 0 Å². The van der Waals surface area contributed by atoms with E-state index in [0.29, 0.717) is 18.8 Å². The third-order valence-corrected chi connectivity index (χ3v) is 3.56. The zero-order chi connectivity index (χ0) is 13.6. The zero-order valence-corrected chi connectivity index (χ0v) is 12.1. The molecule has 0 spiro atoms. The summed E-state index contributed by atoms with van der Waals surface area (Å²) in [6.07, 6.45) is 2.10. The molecule has 0 saturated heterocycles. The third-order valence-electron chi connectivity index (χ3n) is 3.56. The van der Waals surface area contributed by atoms with Crippen molar-refractivity contribution in [1.29, 1.82) is 0 Å². The first-order valence-electron chi connectivity index (χ1n) is 6.60. The van der Waals surface area contributed by atoms with Crippen molar-refractivity contribution in [2.75, 3.05) is 7.05 Å². The van der Waals surface area contributed by atoms with Gasteiger partial charge in [0.15, 0.2) is 0 Å². The van der Waals surface area contributed by atoms with Crippen LogP contribution in [0.2, 0.25) is 0 Å². The molecule has 0 bridgehead atoms. The predicted molar refractivity (Wildman–Crippen MR) is 70.8 cm³/mol. The second kappa shape index (κ2) is 7.46. The Morgan fingerprint density at radius 2 is 1.65 bits per heavy atom. The van der Waals surface area contributed by atoms with Gasteiger partial charge in [-0.2, -0.15) is 0 Å². The van der Waals surface area contributed by atoms with Gasteiger partial charge in [0.2, 0.25) is 5.91 Å². The van der Waals surface area contributed by atoms with E-state index >= 15 is 0 Å². The molecular formula is C14H27NO2. The van der Waals surface area contributed by atoms with Gasteiger partial charge in [0, 0.05) is 25.9 Å². The molecule has 0 heterocycles. The van der Waals surface area contributed by atoms with Gasteiger partial charge < -0.3 is 9.69 Å². The van der Waals surface area contributed by atoms with E-state index in [9.17, 15) is 9.59 Å². The summed E-state index contributed by atoms with van der Waals surface area (Å²) in [6, 6.07) is 0.163. The highest BCUT2D eigenvalue weighted by molar-refractivity contribution is 5.77. The lowest BCUT2D eigenvalue weighted by atomic mass is 9.85. The average Bonchev–Trinajstić information content (AvgIpc) is 2.26. The summed E-state index contributed by atoms with van der Waals surface area (Å²) in [7, 11) is 1.86. The fourth-order valence-electron chi connectivity index (χ4n) is 2.56. The molecule has 0 rings (SSSR count). The van der Waals surface area contributed by atoms with Crippen molar-refractivity contribution in [3.63, 3.8) is 0 Å². The molecule has 0 aromatic heterocycles. The SMILES string of the molecule is CCC(=O)N(C)[C@H]([C@H](C)CC(C)=O)[C@@H](C)CC. The molecule has 0 aliphatic carbocycles.